The Kier molecular flexibility index (Phi) is 12.2. The van der Waals surface area contributed by atoms with Gasteiger partial charge in [0.1, 0.15) is 0 Å². The Balaban J connectivity index is 0. The molecule has 74 valence electrons. The molecule has 0 nitrogen and oxygen atoms in total. The summed E-state index contributed by atoms with van der Waals surface area (Å²) in [5.74, 6) is 0. The van der Waals surface area contributed by atoms with Crippen molar-refractivity contribution >= 4 is 6.08 Å². The zero-order chi connectivity index (χ0) is 8.65. The van der Waals surface area contributed by atoms with Gasteiger partial charge in [-0.25, -0.2) is 0 Å². The molecule has 2 aromatic carbocycles. The van der Waals surface area contributed by atoms with Crippen molar-refractivity contribution in [1.29, 1.82) is 0 Å². The third kappa shape index (κ3) is 7.01. The molecule has 0 saturated heterocycles. The molecule has 0 saturated carbocycles. The fourth-order valence-corrected chi connectivity index (χ4v) is 0.846. The average molecular weight is 219 g/mol. The van der Waals surface area contributed by atoms with Crippen LogP contribution in [0.25, 0.3) is 6.08 Å². The van der Waals surface area contributed by atoms with Crippen molar-refractivity contribution in [2.45, 2.75) is 0 Å². The zero-order valence-corrected chi connectivity index (χ0v) is 9.44. The zero-order valence-electron chi connectivity index (χ0n) is 8.33. The Hall–Kier alpha value is -0.443. The molecule has 2 aromatic rings. The van der Waals surface area contributed by atoms with Crippen molar-refractivity contribution in [2.24, 2.45) is 0 Å². The van der Waals surface area contributed by atoms with Crippen LogP contribution < -0.4 is 18.9 Å². The van der Waals surface area contributed by atoms with E-state index in [0.29, 0.717) is 0 Å². The van der Waals surface area contributed by atoms with Gasteiger partial charge in [-0.15, -0.1) is 18.7 Å². The Morgan fingerprint density at radius 1 is 1.07 bits per heavy atom. The van der Waals surface area contributed by atoms with Crippen LogP contribution in [0.2, 0.25) is 0 Å². The summed E-state index contributed by atoms with van der Waals surface area (Å²) in [6.07, 6.45) is 1.83. The third-order valence-corrected chi connectivity index (χ3v) is 1.48. The van der Waals surface area contributed by atoms with E-state index >= 15 is 0 Å². The molecule has 2 rings (SSSR count). The SMILES string of the molecule is C=Cc1ccc[cH-]1.[Fe].[Li+].[cH-]1[cH-][cH-][cH-][cH-]1. The molecule has 0 unspecified atom stereocenters. The second-order valence-electron chi connectivity index (χ2n) is 2.38. The van der Waals surface area contributed by atoms with E-state index in [9.17, 15) is 0 Å². The van der Waals surface area contributed by atoms with E-state index in [4.69, 9.17) is 0 Å². The van der Waals surface area contributed by atoms with Crippen LogP contribution in [0.4, 0.5) is 0 Å². The fraction of sp³-hybridized carbons (Fsp3) is 0. The molecule has 14 heavy (non-hydrogen) atoms. The van der Waals surface area contributed by atoms with Gasteiger partial charge >= 0.3 is 18.9 Å². The normalized spacial score (nSPS) is 7.14. The smallest absolute Gasteiger partial charge is 0.748 e. The molecule has 0 N–H and O–H groups in total. The van der Waals surface area contributed by atoms with Crippen LogP contribution in [-0.4, -0.2) is 0 Å². The Morgan fingerprint density at radius 2 is 1.57 bits per heavy atom. The monoisotopic (exact) mass is 219 g/mol. The second kappa shape index (κ2) is 10.6. The van der Waals surface area contributed by atoms with Crippen molar-refractivity contribution in [2.75, 3.05) is 0 Å². The van der Waals surface area contributed by atoms with Crippen molar-refractivity contribution in [1.82, 2.24) is 0 Å². The van der Waals surface area contributed by atoms with Gasteiger partial charge in [-0.05, 0) is 0 Å². The van der Waals surface area contributed by atoms with Crippen LogP contribution in [0.1, 0.15) is 5.56 Å². The van der Waals surface area contributed by atoms with Crippen LogP contribution in [0.5, 0.6) is 0 Å². The van der Waals surface area contributed by atoms with Crippen LogP contribution in [-0.2, 0) is 17.1 Å². The predicted octanol–water partition coefficient (Wildman–Crippen LogP) is 0.455. The summed E-state index contributed by atoms with van der Waals surface area (Å²) in [7, 11) is 0. The molecule has 0 heterocycles. The molecule has 0 bridgehead atoms. The Bertz CT molecular complexity index is 265. The second-order valence-corrected chi connectivity index (χ2v) is 2.38. The van der Waals surface area contributed by atoms with E-state index < -0.39 is 0 Å². The van der Waals surface area contributed by atoms with Crippen LogP contribution in [0, 0.1) is 0 Å². The van der Waals surface area contributed by atoms with Gasteiger partial charge in [0.2, 0.25) is 0 Å². The third-order valence-electron chi connectivity index (χ3n) is 1.48. The van der Waals surface area contributed by atoms with Crippen molar-refractivity contribution < 1.29 is 35.9 Å². The minimum Gasteiger partial charge on any atom is -0.748 e. The Labute approximate surface area is 108 Å². The molecule has 2 heteroatoms. The summed E-state index contributed by atoms with van der Waals surface area (Å²) in [5, 5.41) is 0. The summed E-state index contributed by atoms with van der Waals surface area (Å²) in [6, 6.07) is 18.0. The van der Waals surface area contributed by atoms with Crippen molar-refractivity contribution in [3.63, 3.8) is 0 Å². The predicted molar refractivity (Wildman–Crippen MR) is 54.2 cm³/mol. The summed E-state index contributed by atoms with van der Waals surface area (Å²) < 4.78 is 0. The first-order valence-corrected chi connectivity index (χ1v) is 3.94. The molecule has 0 amide bonds. The summed E-state index contributed by atoms with van der Waals surface area (Å²) in [6.45, 7) is 3.60. The van der Waals surface area contributed by atoms with Gasteiger partial charge in [0, 0.05) is 17.1 Å². The quantitative estimate of drug-likeness (QED) is 0.482. The minimum absolute atomic E-state index is 0. The topological polar surface area (TPSA) is 0 Å². The van der Waals surface area contributed by atoms with E-state index in [2.05, 4.69) is 6.58 Å². The minimum atomic E-state index is 0. The fourth-order valence-electron chi connectivity index (χ4n) is 0.846. The van der Waals surface area contributed by atoms with Gasteiger partial charge in [-0.2, -0.15) is 23.8 Å². The molecule has 0 aromatic heterocycles. The molecule has 0 aliphatic rings. The maximum atomic E-state index is 3.60. The van der Waals surface area contributed by atoms with E-state index in [1.54, 1.807) is 0 Å². The van der Waals surface area contributed by atoms with Crippen LogP contribution in [0.15, 0.2) is 61.2 Å². The maximum absolute atomic E-state index is 3.60. The van der Waals surface area contributed by atoms with Gasteiger partial charge in [0.25, 0.3) is 0 Å². The molecule has 0 radical (unpaired) electrons. The Morgan fingerprint density at radius 3 is 1.79 bits per heavy atom. The van der Waals surface area contributed by atoms with E-state index in [-0.39, 0.29) is 35.9 Å². The first kappa shape index (κ1) is 16.0. The molecule has 0 aliphatic heterocycles. The van der Waals surface area contributed by atoms with Crippen LogP contribution in [0.3, 0.4) is 0 Å². The van der Waals surface area contributed by atoms with E-state index in [0.717, 1.165) is 0 Å². The molecular weight excluding hydrogens is 207 g/mol. The molecule has 0 atom stereocenters. The molecule has 0 spiro atoms. The first-order chi connectivity index (χ1) is 5.93. The van der Waals surface area contributed by atoms with Gasteiger partial charge in [-0.3, -0.25) is 0 Å². The average Bonchev–Trinajstić information content (AvgIpc) is 2.81. The molecule has 0 aliphatic carbocycles. The van der Waals surface area contributed by atoms with E-state index in [1.165, 1.54) is 5.56 Å². The van der Waals surface area contributed by atoms with Crippen molar-refractivity contribution in [3.8, 4) is 0 Å². The number of hydrogen-bond donors (Lipinski definition) is 0. The summed E-state index contributed by atoms with van der Waals surface area (Å²) >= 11 is 0. The van der Waals surface area contributed by atoms with E-state index in [1.807, 2.05) is 60.7 Å². The van der Waals surface area contributed by atoms with Crippen molar-refractivity contribution in [3.05, 3.63) is 66.7 Å². The molecular formula is C12H12FeLi-5. The molecule has 0 fully saturated rings. The van der Waals surface area contributed by atoms with Gasteiger partial charge in [0.15, 0.2) is 0 Å². The largest absolute Gasteiger partial charge is 1.00 e. The van der Waals surface area contributed by atoms with Gasteiger partial charge in [0.05, 0.1) is 0 Å². The maximum Gasteiger partial charge on any atom is 1.00 e. The number of hydrogen-bond acceptors (Lipinski definition) is 0. The standard InChI is InChI=1S/C7H7.C5H5.Fe.Li/c1-2-7-5-3-4-6-7;1-2-4-5-3-1;;/h2-6H,1H2;1-5H;;/q-1;-5;;+1. The summed E-state index contributed by atoms with van der Waals surface area (Å²) in [5.41, 5.74) is 1.19. The van der Waals surface area contributed by atoms with Gasteiger partial charge in [-0.1, -0.05) is 0 Å². The van der Waals surface area contributed by atoms with Crippen LogP contribution >= 0.6 is 0 Å². The number of rotatable bonds is 1. The summed E-state index contributed by atoms with van der Waals surface area (Å²) in [4.78, 5) is 0. The van der Waals surface area contributed by atoms with Gasteiger partial charge < -0.3 is 30.3 Å². The first-order valence-electron chi connectivity index (χ1n) is 3.94.